The smallest absolute Gasteiger partial charge is 0.130 e. The van der Waals surface area contributed by atoms with Crippen LogP contribution in [0, 0.1) is 13.8 Å². The van der Waals surface area contributed by atoms with Crippen molar-refractivity contribution in [2.45, 2.75) is 19.8 Å². The first-order chi connectivity index (χ1) is 8.74. The Bertz CT molecular complexity index is 559. The lowest BCUT2D eigenvalue weighted by Crippen LogP contribution is -2.00. The molecule has 0 aliphatic heterocycles. The second kappa shape index (κ2) is 5.30. The third kappa shape index (κ3) is 1.92. The van der Waals surface area contributed by atoms with Gasteiger partial charge in [0.2, 0.25) is 0 Å². The SMILES string of the molecule is [CH2]CCc1c(C)c(OC)c2ccccc2c1OC. The minimum Gasteiger partial charge on any atom is -0.496 e. The number of ether oxygens (including phenoxy) is 2. The van der Waals surface area contributed by atoms with Gasteiger partial charge < -0.3 is 9.47 Å². The van der Waals surface area contributed by atoms with Crippen molar-refractivity contribution in [2.24, 2.45) is 0 Å². The van der Waals surface area contributed by atoms with Crippen LogP contribution in [-0.2, 0) is 6.42 Å². The first-order valence-corrected chi connectivity index (χ1v) is 6.16. The zero-order chi connectivity index (χ0) is 13.1. The van der Waals surface area contributed by atoms with E-state index in [1.807, 2.05) is 12.1 Å². The Kier molecular flexibility index (Phi) is 3.75. The summed E-state index contributed by atoms with van der Waals surface area (Å²) in [6.45, 7) is 6.02. The number of hydrogen-bond acceptors (Lipinski definition) is 2. The van der Waals surface area contributed by atoms with E-state index in [1.54, 1.807) is 14.2 Å². The molecule has 2 aromatic rings. The van der Waals surface area contributed by atoms with E-state index >= 15 is 0 Å². The zero-order valence-corrected chi connectivity index (χ0v) is 11.2. The summed E-state index contributed by atoms with van der Waals surface area (Å²) in [6, 6.07) is 8.18. The maximum atomic E-state index is 5.61. The van der Waals surface area contributed by atoms with E-state index in [1.165, 1.54) is 5.56 Å². The van der Waals surface area contributed by atoms with E-state index in [4.69, 9.17) is 9.47 Å². The first kappa shape index (κ1) is 12.7. The molecule has 2 nitrogen and oxygen atoms in total. The molecule has 0 fully saturated rings. The van der Waals surface area contributed by atoms with Gasteiger partial charge in [-0.2, -0.15) is 0 Å². The summed E-state index contributed by atoms with van der Waals surface area (Å²) in [5, 5.41) is 2.20. The van der Waals surface area contributed by atoms with Gasteiger partial charge in [-0.3, -0.25) is 0 Å². The van der Waals surface area contributed by atoms with Gasteiger partial charge in [0.05, 0.1) is 14.2 Å². The van der Waals surface area contributed by atoms with Gasteiger partial charge in [0.15, 0.2) is 0 Å². The minimum atomic E-state index is 0.846. The second-order valence-electron chi connectivity index (χ2n) is 4.32. The molecule has 2 rings (SSSR count). The lowest BCUT2D eigenvalue weighted by atomic mass is 9.96. The molecule has 0 aliphatic rings. The van der Waals surface area contributed by atoms with Crippen molar-refractivity contribution in [3.63, 3.8) is 0 Å². The summed E-state index contributed by atoms with van der Waals surface area (Å²) < 4.78 is 11.2. The summed E-state index contributed by atoms with van der Waals surface area (Å²) in [5.74, 6) is 1.89. The molecule has 0 unspecified atom stereocenters. The summed E-state index contributed by atoms with van der Waals surface area (Å²) >= 11 is 0. The van der Waals surface area contributed by atoms with Gasteiger partial charge in [0, 0.05) is 16.3 Å². The van der Waals surface area contributed by atoms with Crippen LogP contribution in [0.4, 0.5) is 0 Å². The molecule has 0 N–H and O–H groups in total. The van der Waals surface area contributed by atoms with Gasteiger partial charge in [-0.1, -0.05) is 31.2 Å². The van der Waals surface area contributed by atoms with E-state index in [0.717, 1.165) is 40.7 Å². The van der Waals surface area contributed by atoms with E-state index in [9.17, 15) is 0 Å². The third-order valence-corrected chi connectivity index (χ3v) is 3.32. The quantitative estimate of drug-likeness (QED) is 0.810. The standard InChI is InChI=1S/C16H19O2/c1-5-8-12-11(2)15(17-3)13-9-6-7-10-14(13)16(12)18-4/h6-7,9-10H,1,5,8H2,2-4H3. The van der Waals surface area contributed by atoms with E-state index in [0.29, 0.717) is 0 Å². The van der Waals surface area contributed by atoms with Gasteiger partial charge in [-0.15, -0.1) is 0 Å². The van der Waals surface area contributed by atoms with E-state index in [-0.39, 0.29) is 0 Å². The van der Waals surface area contributed by atoms with Crippen molar-refractivity contribution < 1.29 is 9.47 Å². The Hall–Kier alpha value is -1.70. The van der Waals surface area contributed by atoms with E-state index < -0.39 is 0 Å². The van der Waals surface area contributed by atoms with Crippen molar-refractivity contribution >= 4 is 10.8 Å². The van der Waals surface area contributed by atoms with Crippen LogP contribution in [0.25, 0.3) is 10.8 Å². The molecule has 0 atom stereocenters. The largest absolute Gasteiger partial charge is 0.496 e. The highest BCUT2D eigenvalue weighted by molar-refractivity contribution is 5.96. The van der Waals surface area contributed by atoms with Crippen LogP contribution < -0.4 is 9.47 Å². The summed E-state index contributed by atoms with van der Waals surface area (Å²) in [6.07, 6.45) is 1.74. The highest BCUT2D eigenvalue weighted by atomic mass is 16.5. The summed E-state index contributed by atoms with van der Waals surface area (Å²) in [5.41, 5.74) is 2.35. The van der Waals surface area contributed by atoms with Gasteiger partial charge in [0.1, 0.15) is 11.5 Å². The van der Waals surface area contributed by atoms with Crippen LogP contribution in [0.1, 0.15) is 17.5 Å². The predicted octanol–water partition coefficient (Wildman–Crippen LogP) is 3.93. The topological polar surface area (TPSA) is 18.5 Å². The highest BCUT2D eigenvalue weighted by Crippen LogP contribution is 2.40. The van der Waals surface area contributed by atoms with Crippen LogP contribution in [-0.4, -0.2) is 14.2 Å². The van der Waals surface area contributed by atoms with Gasteiger partial charge in [0.25, 0.3) is 0 Å². The predicted molar refractivity (Wildman–Crippen MR) is 75.5 cm³/mol. The molecule has 18 heavy (non-hydrogen) atoms. The fourth-order valence-electron chi connectivity index (χ4n) is 2.53. The molecule has 0 spiro atoms. The van der Waals surface area contributed by atoms with Gasteiger partial charge >= 0.3 is 0 Å². The number of rotatable bonds is 4. The Labute approximate surface area is 109 Å². The number of fused-ring (bicyclic) bond motifs is 1. The van der Waals surface area contributed by atoms with Crippen LogP contribution in [0.15, 0.2) is 24.3 Å². The molecule has 2 aromatic carbocycles. The molecule has 95 valence electrons. The molecule has 0 amide bonds. The molecule has 0 heterocycles. The van der Waals surface area contributed by atoms with Crippen LogP contribution in [0.5, 0.6) is 11.5 Å². The van der Waals surface area contributed by atoms with Crippen LogP contribution >= 0.6 is 0 Å². The number of hydrogen-bond donors (Lipinski definition) is 0. The van der Waals surface area contributed by atoms with Crippen molar-refractivity contribution in [1.29, 1.82) is 0 Å². The Morgan fingerprint density at radius 3 is 2.06 bits per heavy atom. The Morgan fingerprint density at radius 1 is 1.00 bits per heavy atom. The minimum absolute atomic E-state index is 0.846. The molecule has 0 saturated heterocycles. The van der Waals surface area contributed by atoms with E-state index in [2.05, 4.69) is 26.0 Å². The van der Waals surface area contributed by atoms with Crippen molar-refractivity contribution in [2.75, 3.05) is 14.2 Å². The maximum absolute atomic E-state index is 5.61. The van der Waals surface area contributed by atoms with Crippen molar-refractivity contribution in [1.82, 2.24) is 0 Å². The summed E-state index contributed by atoms with van der Waals surface area (Å²) in [4.78, 5) is 0. The van der Waals surface area contributed by atoms with Crippen LogP contribution in [0.3, 0.4) is 0 Å². The lowest BCUT2D eigenvalue weighted by Gasteiger charge is -2.18. The Morgan fingerprint density at radius 2 is 1.56 bits per heavy atom. The van der Waals surface area contributed by atoms with Gasteiger partial charge in [-0.05, 0) is 25.3 Å². The second-order valence-corrected chi connectivity index (χ2v) is 4.32. The zero-order valence-electron chi connectivity index (χ0n) is 11.2. The average Bonchev–Trinajstić information content (AvgIpc) is 2.40. The van der Waals surface area contributed by atoms with Crippen LogP contribution in [0.2, 0.25) is 0 Å². The molecule has 0 aromatic heterocycles. The number of benzene rings is 2. The van der Waals surface area contributed by atoms with Crippen molar-refractivity contribution in [3.8, 4) is 11.5 Å². The lowest BCUT2D eigenvalue weighted by molar-refractivity contribution is 0.403. The fraction of sp³-hybridized carbons (Fsp3) is 0.312. The molecule has 1 radical (unpaired) electrons. The van der Waals surface area contributed by atoms with Crippen molar-refractivity contribution in [3.05, 3.63) is 42.3 Å². The fourth-order valence-corrected chi connectivity index (χ4v) is 2.53. The average molecular weight is 243 g/mol. The maximum Gasteiger partial charge on any atom is 0.130 e. The number of methoxy groups -OCH3 is 2. The summed E-state index contributed by atoms with van der Waals surface area (Å²) in [7, 11) is 3.44. The normalized spacial score (nSPS) is 10.7. The first-order valence-electron chi connectivity index (χ1n) is 6.16. The molecule has 0 saturated carbocycles. The molecular weight excluding hydrogens is 224 g/mol. The third-order valence-electron chi connectivity index (χ3n) is 3.32. The highest BCUT2D eigenvalue weighted by Gasteiger charge is 2.16. The monoisotopic (exact) mass is 243 g/mol. The van der Waals surface area contributed by atoms with Gasteiger partial charge in [-0.25, -0.2) is 0 Å². The Balaban J connectivity index is 2.86. The molecule has 0 bridgehead atoms. The molecule has 0 aliphatic carbocycles. The molecule has 2 heteroatoms. The molecular formula is C16H19O2.